The molecule has 2 aliphatic rings. The number of aromatic nitrogens is 2. The van der Waals surface area contributed by atoms with E-state index in [1.54, 1.807) is 0 Å². The molecule has 3 heterocycles. The van der Waals surface area contributed by atoms with Gasteiger partial charge in [-0.15, -0.1) is 0 Å². The Kier molecular flexibility index (Phi) is 4.54. The number of carbonyl (C=O) groups is 1. The van der Waals surface area contributed by atoms with E-state index < -0.39 is 5.97 Å². The van der Waals surface area contributed by atoms with Crippen molar-refractivity contribution in [1.29, 1.82) is 0 Å². The van der Waals surface area contributed by atoms with Crippen molar-refractivity contribution in [2.75, 3.05) is 26.3 Å². The van der Waals surface area contributed by atoms with Gasteiger partial charge in [0.25, 0.3) is 0 Å². The van der Waals surface area contributed by atoms with Crippen molar-refractivity contribution >= 4 is 5.97 Å². The van der Waals surface area contributed by atoms with Crippen molar-refractivity contribution in [3.8, 4) is 5.69 Å². The third-order valence-electron chi connectivity index (χ3n) is 5.85. The number of hydrogen-bond acceptors (Lipinski definition) is 4. The highest BCUT2D eigenvalue weighted by atomic mass is 16.5. The Morgan fingerprint density at radius 3 is 2.73 bits per heavy atom. The van der Waals surface area contributed by atoms with Crippen LogP contribution < -0.4 is 0 Å². The number of likely N-dealkylation sites (tertiary alicyclic amines) is 1. The zero-order valence-electron chi connectivity index (χ0n) is 15.1. The minimum absolute atomic E-state index is 0.142. The van der Waals surface area contributed by atoms with Gasteiger partial charge >= 0.3 is 5.97 Å². The van der Waals surface area contributed by atoms with E-state index in [0.29, 0.717) is 19.8 Å². The molecule has 6 heteroatoms. The quantitative estimate of drug-likeness (QED) is 0.913. The Balaban J connectivity index is 1.48. The van der Waals surface area contributed by atoms with E-state index in [0.717, 1.165) is 37.2 Å². The molecule has 0 bridgehead atoms. The van der Waals surface area contributed by atoms with Gasteiger partial charge in [0.1, 0.15) is 0 Å². The Hall–Kier alpha value is -2.18. The zero-order valence-corrected chi connectivity index (χ0v) is 15.1. The lowest BCUT2D eigenvalue weighted by molar-refractivity contribution is -0.147. The molecule has 0 amide bonds. The molecule has 0 aliphatic carbocycles. The van der Waals surface area contributed by atoms with Gasteiger partial charge in [-0.05, 0) is 31.9 Å². The first-order valence-electron chi connectivity index (χ1n) is 9.19. The number of ether oxygens (including phenoxy) is 1. The molecule has 1 aromatic heterocycles. The van der Waals surface area contributed by atoms with Crippen molar-refractivity contribution in [2.24, 2.45) is 11.3 Å². The van der Waals surface area contributed by atoms with Crippen molar-refractivity contribution in [3.63, 3.8) is 0 Å². The molecule has 2 aliphatic heterocycles. The van der Waals surface area contributed by atoms with E-state index in [9.17, 15) is 9.90 Å². The molecule has 2 saturated heterocycles. The topological polar surface area (TPSA) is 67.6 Å². The lowest BCUT2D eigenvalue weighted by Gasteiger charge is -2.36. The number of hydrogen-bond donors (Lipinski definition) is 1. The van der Waals surface area contributed by atoms with Crippen molar-refractivity contribution in [2.45, 2.75) is 26.3 Å². The molecule has 1 spiro atoms. The average Bonchev–Trinajstić information content (AvgIpc) is 3.22. The van der Waals surface area contributed by atoms with Gasteiger partial charge in [0.05, 0.1) is 17.8 Å². The van der Waals surface area contributed by atoms with Crippen molar-refractivity contribution in [1.82, 2.24) is 14.7 Å². The second-order valence-electron chi connectivity index (χ2n) is 7.66. The van der Waals surface area contributed by atoms with E-state index in [2.05, 4.69) is 41.2 Å². The maximum Gasteiger partial charge on any atom is 0.308 e. The molecular weight excluding hydrogens is 330 g/mol. The Bertz CT molecular complexity index is 778. The molecule has 0 saturated carbocycles. The minimum atomic E-state index is -0.676. The van der Waals surface area contributed by atoms with Crippen LogP contribution in [0.25, 0.3) is 5.69 Å². The van der Waals surface area contributed by atoms with E-state index in [1.165, 1.54) is 5.56 Å². The number of benzene rings is 1. The van der Waals surface area contributed by atoms with E-state index in [4.69, 9.17) is 4.74 Å². The Morgan fingerprint density at radius 2 is 2.04 bits per heavy atom. The van der Waals surface area contributed by atoms with Crippen LogP contribution in [0.15, 0.2) is 36.7 Å². The van der Waals surface area contributed by atoms with Gasteiger partial charge in [-0.3, -0.25) is 9.69 Å². The molecule has 26 heavy (non-hydrogen) atoms. The van der Waals surface area contributed by atoms with Crippen LogP contribution in [0, 0.1) is 18.3 Å². The van der Waals surface area contributed by atoms with Crippen LogP contribution in [-0.2, 0) is 16.1 Å². The average molecular weight is 355 g/mol. The highest BCUT2D eigenvalue weighted by Gasteiger charge is 2.50. The Labute approximate surface area is 153 Å². The van der Waals surface area contributed by atoms with Crippen molar-refractivity contribution in [3.05, 3.63) is 47.8 Å². The molecule has 0 radical (unpaired) electrons. The number of nitrogens with zero attached hydrogens (tertiary/aromatic N) is 3. The van der Waals surface area contributed by atoms with Gasteiger partial charge in [0.2, 0.25) is 0 Å². The first kappa shape index (κ1) is 17.2. The summed E-state index contributed by atoms with van der Waals surface area (Å²) in [4.78, 5) is 14.1. The molecular formula is C20H25N3O3. The summed E-state index contributed by atoms with van der Waals surface area (Å²) in [6.45, 7) is 5.56. The molecule has 2 aromatic rings. The van der Waals surface area contributed by atoms with Crippen molar-refractivity contribution < 1.29 is 14.6 Å². The highest BCUT2D eigenvalue weighted by molar-refractivity contribution is 5.72. The number of aryl methyl sites for hydroxylation is 1. The molecule has 1 N–H and O–H groups in total. The normalized spacial score (nSPS) is 22.7. The third kappa shape index (κ3) is 3.27. The Morgan fingerprint density at radius 1 is 1.31 bits per heavy atom. The summed E-state index contributed by atoms with van der Waals surface area (Å²) in [5.74, 6) is -0.983. The summed E-state index contributed by atoms with van der Waals surface area (Å²) in [7, 11) is 0. The summed E-state index contributed by atoms with van der Waals surface area (Å²) in [6.07, 6.45) is 5.59. The smallest absolute Gasteiger partial charge is 0.308 e. The molecule has 1 aromatic carbocycles. The lowest BCUT2D eigenvalue weighted by atomic mass is 9.72. The number of carboxylic acids is 1. The standard InChI is InChI=1S/C20H25N3O3/c1-15-2-4-17(5-3-15)23-12-16(10-21-23)11-22-13-18(19(24)25)20(14-22)6-8-26-9-7-20/h2-5,10,12,18H,6-9,11,13-14H2,1H3,(H,24,25). The maximum absolute atomic E-state index is 11.8. The number of carboxylic acid groups (broad SMARTS) is 1. The van der Waals surface area contributed by atoms with Gasteiger partial charge in [-0.1, -0.05) is 17.7 Å². The molecule has 4 rings (SSSR count). The van der Waals surface area contributed by atoms with Crippen LogP contribution in [-0.4, -0.2) is 52.1 Å². The number of rotatable bonds is 4. The summed E-state index contributed by atoms with van der Waals surface area (Å²) < 4.78 is 7.35. The second kappa shape index (κ2) is 6.85. The first-order valence-corrected chi connectivity index (χ1v) is 9.19. The predicted molar refractivity (Wildman–Crippen MR) is 97.2 cm³/mol. The molecule has 1 atom stereocenters. The van der Waals surface area contributed by atoms with Gasteiger partial charge in [-0.2, -0.15) is 5.10 Å². The van der Waals surface area contributed by atoms with Gasteiger partial charge in [0, 0.05) is 50.0 Å². The van der Waals surface area contributed by atoms with Gasteiger partial charge in [-0.25, -0.2) is 4.68 Å². The van der Waals surface area contributed by atoms with Gasteiger partial charge in [0.15, 0.2) is 0 Å². The fourth-order valence-corrected chi connectivity index (χ4v) is 4.36. The molecule has 6 nitrogen and oxygen atoms in total. The predicted octanol–water partition coefficient (Wildman–Crippen LogP) is 2.49. The fraction of sp³-hybridized carbons (Fsp3) is 0.500. The SMILES string of the molecule is Cc1ccc(-n2cc(CN3CC(C(=O)O)C4(CCOCC4)C3)cn2)cc1. The first-order chi connectivity index (χ1) is 12.6. The summed E-state index contributed by atoms with van der Waals surface area (Å²) >= 11 is 0. The maximum atomic E-state index is 11.8. The summed E-state index contributed by atoms with van der Waals surface area (Å²) in [5, 5.41) is 14.2. The van der Waals surface area contributed by atoms with E-state index in [1.807, 2.05) is 17.1 Å². The molecule has 2 fully saturated rings. The molecule has 1 unspecified atom stereocenters. The van der Waals surface area contributed by atoms with Crippen LogP contribution in [0.3, 0.4) is 0 Å². The third-order valence-corrected chi connectivity index (χ3v) is 5.85. The van der Waals surface area contributed by atoms with Crippen LogP contribution in [0.2, 0.25) is 0 Å². The number of aliphatic carboxylic acids is 1. The van der Waals surface area contributed by atoms with Crippen LogP contribution in [0.1, 0.15) is 24.0 Å². The largest absolute Gasteiger partial charge is 0.481 e. The zero-order chi connectivity index (χ0) is 18.1. The second-order valence-corrected chi connectivity index (χ2v) is 7.66. The minimum Gasteiger partial charge on any atom is -0.481 e. The van der Waals surface area contributed by atoms with Gasteiger partial charge < -0.3 is 9.84 Å². The van der Waals surface area contributed by atoms with E-state index in [-0.39, 0.29) is 11.3 Å². The van der Waals surface area contributed by atoms with Crippen LogP contribution in [0.5, 0.6) is 0 Å². The van der Waals surface area contributed by atoms with Crippen LogP contribution in [0.4, 0.5) is 0 Å². The summed E-state index contributed by atoms with van der Waals surface area (Å²) in [6, 6.07) is 8.26. The highest BCUT2D eigenvalue weighted by Crippen LogP contribution is 2.44. The van der Waals surface area contributed by atoms with E-state index >= 15 is 0 Å². The fourth-order valence-electron chi connectivity index (χ4n) is 4.36. The molecule has 138 valence electrons. The summed E-state index contributed by atoms with van der Waals surface area (Å²) in [5.41, 5.74) is 3.22. The van der Waals surface area contributed by atoms with Crippen LogP contribution >= 0.6 is 0 Å². The monoisotopic (exact) mass is 355 g/mol. The lowest BCUT2D eigenvalue weighted by Crippen LogP contribution is -2.40.